The number of carbonyl (C=O) groups is 2. The monoisotopic (exact) mass is 327 g/mol. The van der Waals surface area contributed by atoms with Crippen LogP contribution in [-0.2, 0) is 9.53 Å². The van der Waals surface area contributed by atoms with Crippen LogP contribution in [0.15, 0.2) is 54.6 Å². The average molecular weight is 327 g/mol. The Labute approximate surface area is 141 Å². The quantitative estimate of drug-likeness (QED) is 0.790. The molecule has 126 valence electrons. The fourth-order valence-corrected chi connectivity index (χ4v) is 1.99. The van der Waals surface area contributed by atoms with Crippen LogP contribution in [0.2, 0.25) is 0 Å². The minimum absolute atomic E-state index is 0.304. The van der Waals surface area contributed by atoms with Gasteiger partial charge in [-0.3, -0.25) is 4.79 Å². The van der Waals surface area contributed by atoms with E-state index in [4.69, 9.17) is 9.47 Å². The fraction of sp³-hybridized carbons (Fsp3) is 0.263. The van der Waals surface area contributed by atoms with Gasteiger partial charge < -0.3 is 14.8 Å². The molecule has 5 nitrogen and oxygen atoms in total. The number of nitrogens with one attached hydrogen (secondary N) is 1. The van der Waals surface area contributed by atoms with Gasteiger partial charge >= 0.3 is 5.97 Å². The molecule has 1 amide bonds. The van der Waals surface area contributed by atoms with Gasteiger partial charge in [-0.15, -0.1) is 0 Å². The average Bonchev–Trinajstić information content (AvgIpc) is 2.60. The third-order valence-corrected chi connectivity index (χ3v) is 3.25. The number of hydrogen-bond acceptors (Lipinski definition) is 4. The van der Waals surface area contributed by atoms with E-state index in [0.717, 1.165) is 6.42 Å². The second kappa shape index (κ2) is 8.72. The van der Waals surface area contributed by atoms with Crippen molar-refractivity contribution in [3.63, 3.8) is 0 Å². The molecule has 0 saturated heterocycles. The number of benzene rings is 2. The van der Waals surface area contributed by atoms with Gasteiger partial charge in [-0.05, 0) is 43.7 Å². The van der Waals surface area contributed by atoms with Crippen LogP contribution in [0.25, 0.3) is 0 Å². The fourth-order valence-electron chi connectivity index (χ4n) is 1.99. The number of rotatable bonds is 7. The van der Waals surface area contributed by atoms with Gasteiger partial charge in [0.05, 0.1) is 5.56 Å². The Morgan fingerprint density at radius 3 is 2.46 bits per heavy atom. The first-order chi connectivity index (χ1) is 11.6. The molecular weight excluding hydrogens is 306 g/mol. The lowest BCUT2D eigenvalue weighted by Gasteiger charge is -2.13. The Kier molecular flexibility index (Phi) is 6.37. The van der Waals surface area contributed by atoms with Gasteiger partial charge in [0, 0.05) is 6.54 Å². The van der Waals surface area contributed by atoms with Crippen LogP contribution in [0.1, 0.15) is 30.6 Å². The van der Waals surface area contributed by atoms with E-state index < -0.39 is 12.1 Å². The van der Waals surface area contributed by atoms with Crippen LogP contribution < -0.4 is 10.1 Å². The SMILES string of the molecule is CCCNC(=O)C(C)OC(=O)c1cccc(Oc2ccccc2)c1. The zero-order valence-corrected chi connectivity index (χ0v) is 13.8. The van der Waals surface area contributed by atoms with Crippen LogP contribution in [0.3, 0.4) is 0 Å². The van der Waals surface area contributed by atoms with Gasteiger partial charge in [-0.1, -0.05) is 31.2 Å². The van der Waals surface area contributed by atoms with E-state index >= 15 is 0 Å². The van der Waals surface area contributed by atoms with E-state index in [2.05, 4.69) is 5.32 Å². The van der Waals surface area contributed by atoms with Crippen LogP contribution in [-0.4, -0.2) is 24.5 Å². The molecule has 1 unspecified atom stereocenters. The lowest BCUT2D eigenvalue weighted by molar-refractivity contribution is -0.129. The first-order valence-electron chi connectivity index (χ1n) is 7.92. The van der Waals surface area contributed by atoms with Crippen LogP contribution in [0.4, 0.5) is 0 Å². The highest BCUT2D eigenvalue weighted by molar-refractivity contribution is 5.92. The predicted molar refractivity (Wildman–Crippen MR) is 91.1 cm³/mol. The highest BCUT2D eigenvalue weighted by Crippen LogP contribution is 2.22. The topological polar surface area (TPSA) is 64.6 Å². The first-order valence-corrected chi connectivity index (χ1v) is 7.92. The second-order valence-corrected chi connectivity index (χ2v) is 5.28. The molecule has 0 aliphatic rings. The van der Waals surface area contributed by atoms with Crippen LogP contribution in [0, 0.1) is 0 Å². The van der Waals surface area contributed by atoms with Crippen LogP contribution in [0.5, 0.6) is 11.5 Å². The number of amides is 1. The smallest absolute Gasteiger partial charge is 0.339 e. The van der Waals surface area contributed by atoms with Gasteiger partial charge in [0.1, 0.15) is 11.5 Å². The van der Waals surface area contributed by atoms with E-state index in [-0.39, 0.29) is 5.91 Å². The molecule has 0 aliphatic heterocycles. The molecule has 1 N–H and O–H groups in total. The van der Waals surface area contributed by atoms with E-state index in [0.29, 0.717) is 23.6 Å². The summed E-state index contributed by atoms with van der Waals surface area (Å²) in [6.07, 6.45) is -0.0200. The Morgan fingerprint density at radius 1 is 1.04 bits per heavy atom. The second-order valence-electron chi connectivity index (χ2n) is 5.28. The Balaban J connectivity index is 2.00. The summed E-state index contributed by atoms with van der Waals surface area (Å²) in [4.78, 5) is 23.9. The Bertz CT molecular complexity index is 685. The molecule has 0 spiro atoms. The summed E-state index contributed by atoms with van der Waals surface area (Å²) >= 11 is 0. The van der Waals surface area contributed by atoms with Crippen molar-refractivity contribution in [2.75, 3.05) is 6.54 Å². The molecule has 5 heteroatoms. The number of hydrogen-bond donors (Lipinski definition) is 1. The van der Waals surface area contributed by atoms with Crippen LogP contribution >= 0.6 is 0 Å². The molecule has 0 aliphatic carbocycles. The van der Waals surface area contributed by atoms with E-state index in [1.54, 1.807) is 31.2 Å². The van der Waals surface area contributed by atoms with Gasteiger partial charge in [0.25, 0.3) is 5.91 Å². The molecule has 2 rings (SSSR count). The van der Waals surface area contributed by atoms with Crippen molar-refractivity contribution in [1.82, 2.24) is 5.32 Å². The maximum Gasteiger partial charge on any atom is 0.339 e. The normalized spacial score (nSPS) is 11.4. The number of ether oxygens (including phenoxy) is 2. The van der Waals surface area contributed by atoms with E-state index in [9.17, 15) is 9.59 Å². The predicted octanol–water partition coefficient (Wildman–Crippen LogP) is 3.55. The van der Waals surface area contributed by atoms with Crippen molar-refractivity contribution < 1.29 is 19.1 Å². The first kappa shape index (κ1) is 17.5. The Hall–Kier alpha value is -2.82. The van der Waals surface area contributed by atoms with Crippen molar-refractivity contribution in [2.45, 2.75) is 26.4 Å². The highest BCUT2D eigenvalue weighted by Gasteiger charge is 2.18. The molecule has 2 aromatic rings. The zero-order valence-electron chi connectivity index (χ0n) is 13.8. The van der Waals surface area contributed by atoms with Gasteiger partial charge in [0.15, 0.2) is 6.10 Å². The van der Waals surface area contributed by atoms with E-state index in [1.807, 2.05) is 37.3 Å². The summed E-state index contributed by atoms with van der Waals surface area (Å²) in [6, 6.07) is 15.9. The Morgan fingerprint density at radius 2 is 1.75 bits per heavy atom. The lowest BCUT2D eigenvalue weighted by atomic mass is 10.2. The third-order valence-electron chi connectivity index (χ3n) is 3.25. The zero-order chi connectivity index (χ0) is 17.4. The summed E-state index contributed by atoms with van der Waals surface area (Å²) in [5, 5.41) is 2.69. The maximum atomic E-state index is 12.2. The summed E-state index contributed by atoms with van der Waals surface area (Å²) < 4.78 is 10.9. The molecule has 0 aromatic heterocycles. The van der Waals surface area contributed by atoms with E-state index in [1.165, 1.54) is 0 Å². The standard InChI is InChI=1S/C19H21NO4/c1-3-12-20-18(21)14(2)23-19(22)15-8-7-11-17(13-15)24-16-9-5-4-6-10-16/h4-11,13-14H,3,12H2,1-2H3,(H,20,21). The van der Waals surface area contributed by atoms with Gasteiger partial charge in [-0.2, -0.15) is 0 Å². The summed E-state index contributed by atoms with van der Waals surface area (Å²) in [5.41, 5.74) is 0.332. The molecule has 0 radical (unpaired) electrons. The van der Waals surface area contributed by atoms with Crippen molar-refractivity contribution in [3.05, 3.63) is 60.2 Å². The molecule has 0 heterocycles. The summed E-state index contributed by atoms with van der Waals surface area (Å²) in [6.45, 7) is 4.06. The van der Waals surface area contributed by atoms with Crippen molar-refractivity contribution >= 4 is 11.9 Å². The number of para-hydroxylation sites is 1. The number of carbonyl (C=O) groups excluding carboxylic acids is 2. The lowest BCUT2D eigenvalue weighted by Crippen LogP contribution is -2.36. The minimum Gasteiger partial charge on any atom is -0.457 e. The molecular formula is C19H21NO4. The molecule has 0 saturated carbocycles. The molecule has 24 heavy (non-hydrogen) atoms. The summed E-state index contributed by atoms with van der Waals surface area (Å²) in [5.74, 6) is 0.337. The van der Waals surface area contributed by atoms with Crippen molar-refractivity contribution in [3.8, 4) is 11.5 Å². The summed E-state index contributed by atoms with van der Waals surface area (Å²) in [7, 11) is 0. The van der Waals surface area contributed by atoms with Crippen molar-refractivity contribution in [2.24, 2.45) is 0 Å². The minimum atomic E-state index is -0.845. The van der Waals surface area contributed by atoms with Crippen molar-refractivity contribution in [1.29, 1.82) is 0 Å². The number of esters is 1. The maximum absolute atomic E-state index is 12.2. The van der Waals surface area contributed by atoms with Gasteiger partial charge in [-0.25, -0.2) is 4.79 Å². The largest absolute Gasteiger partial charge is 0.457 e. The molecule has 1 atom stereocenters. The third kappa shape index (κ3) is 5.12. The molecule has 2 aromatic carbocycles. The van der Waals surface area contributed by atoms with Gasteiger partial charge in [0.2, 0.25) is 0 Å². The highest BCUT2D eigenvalue weighted by atomic mass is 16.5. The molecule has 0 bridgehead atoms. The molecule has 0 fully saturated rings.